The Morgan fingerprint density at radius 3 is 2.91 bits per heavy atom. The number of aromatic nitrogens is 1. The van der Waals surface area contributed by atoms with Gasteiger partial charge in [-0.05, 0) is 24.5 Å². The Morgan fingerprint density at radius 2 is 2.18 bits per heavy atom. The van der Waals surface area contributed by atoms with E-state index in [2.05, 4.69) is 4.98 Å². The number of hydrogen-bond acceptors (Lipinski definition) is 2. The van der Waals surface area contributed by atoms with E-state index in [4.69, 9.17) is 0 Å². The van der Waals surface area contributed by atoms with Crippen LogP contribution in [-0.4, -0.2) is 40.0 Å². The number of H-pyrrole nitrogens is 1. The third-order valence-corrected chi connectivity index (χ3v) is 4.37. The number of para-hydroxylation sites is 1. The van der Waals surface area contributed by atoms with Gasteiger partial charge in [0, 0.05) is 24.0 Å². The van der Waals surface area contributed by atoms with Crippen molar-refractivity contribution in [1.29, 1.82) is 0 Å². The summed E-state index contributed by atoms with van der Waals surface area (Å²) in [5, 5.41) is 10.4. The number of aliphatic carboxylic acids is 1. The van der Waals surface area contributed by atoms with Gasteiger partial charge < -0.3 is 15.0 Å². The summed E-state index contributed by atoms with van der Waals surface area (Å²) in [6.07, 6.45) is 2.17. The van der Waals surface area contributed by atoms with Gasteiger partial charge in [-0.3, -0.25) is 9.59 Å². The van der Waals surface area contributed by atoms with Crippen molar-refractivity contribution in [3.8, 4) is 0 Å². The summed E-state index contributed by atoms with van der Waals surface area (Å²) in [5.74, 6) is -1.39. The van der Waals surface area contributed by atoms with Crippen molar-refractivity contribution in [1.82, 2.24) is 9.88 Å². The molecule has 2 aromatic rings. The van der Waals surface area contributed by atoms with Crippen molar-refractivity contribution >= 4 is 22.8 Å². The number of rotatable bonds is 5. The van der Waals surface area contributed by atoms with Crippen LogP contribution in [0.25, 0.3) is 10.9 Å². The zero-order chi connectivity index (χ0) is 15.7. The van der Waals surface area contributed by atoms with Crippen molar-refractivity contribution in [2.45, 2.75) is 26.2 Å². The van der Waals surface area contributed by atoms with Crippen molar-refractivity contribution in [3.05, 3.63) is 35.5 Å². The van der Waals surface area contributed by atoms with E-state index in [0.29, 0.717) is 18.7 Å². The average molecular weight is 300 g/mol. The number of fused-ring (bicyclic) bond motifs is 3. The third kappa shape index (κ3) is 2.47. The molecule has 0 saturated heterocycles. The molecule has 1 aromatic heterocycles. The summed E-state index contributed by atoms with van der Waals surface area (Å²) in [7, 11) is 0. The Balaban J connectivity index is 1.86. The van der Waals surface area contributed by atoms with Crippen LogP contribution in [0.4, 0.5) is 0 Å². The predicted molar refractivity (Wildman–Crippen MR) is 83.9 cm³/mol. The van der Waals surface area contributed by atoms with Gasteiger partial charge in [0.05, 0.1) is 5.92 Å². The standard InChI is InChI=1S/C17H20N2O3/c1-2-5-11(17(21)22)10-19-9-8-13-12-6-3-4-7-14(12)18-15(13)16(19)20/h3-4,6-7,11,18H,2,5,8-10H2,1H3,(H,21,22). The molecule has 1 amide bonds. The second-order valence-electron chi connectivity index (χ2n) is 5.85. The minimum absolute atomic E-state index is 0.0835. The van der Waals surface area contributed by atoms with Gasteiger partial charge in [-0.1, -0.05) is 31.5 Å². The maximum Gasteiger partial charge on any atom is 0.308 e. The van der Waals surface area contributed by atoms with Gasteiger partial charge in [0.2, 0.25) is 0 Å². The molecule has 0 spiro atoms. The van der Waals surface area contributed by atoms with Gasteiger partial charge >= 0.3 is 5.97 Å². The van der Waals surface area contributed by atoms with Crippen LogP contribution < -0.4 is 0 Å². The second kappa shape index (κ2) is 5.83. The number of carbonyl (C=O) groups excluding carboxylic acids is 1. The van der Waals surface area contributed by atoms with Crippen molar-refractivity contribution in [2.75, 3.05) is 13.1 Å². The number of benzene rings is 1. The van der Waals surface area contributed by atoms with Gasteiger partial charge in [0.15, 0.2) is 0 Å². The summed E-state index contributed by atoms with van der Waals surface area (Å²) in [4.78, 5) is 28.8. The molecule has 5 nitrogen and oxygen atoms in total. The first-order chi connectivity index (χ1) is 10.6. The van der Waals surface area contributed by atoms with E-state index in [1.165, 1.54) is 0 Å². The number of carbonyl (C=O) groups is 2. The van der Waals surface area contributed by atoms with Crippen LogP contribution in [0.15, 0.2) is 24.3 Å². The number of hydrogen-bond donors (Lipinski definition) is 2. The Labute approximate surface area is 128 Å². The Bertz CT molecular complexity index is 720. The van der Waals surface area contributed by atoms with Crippen molar-refractivity contribution < 1.29 is 14.7 Å². The summed E-state index contributed by atoms with van der Waals surface area (Å²) in [6, 6.07) is 7.89. The van der Waals surface area contributed by atoms with E-state index >= 15 is 0 Å². The first-order valence-corrected chi connectivity index (χ1v) is 7.73. The van der Waals surface area contributed by atoms with Crippen LogP contribution in [0.3, 0.4) is 0 Å². The van der Waals surface area contributed by atoms with E-state index in [1.807, 2.05) is 31.2 Å². The van der Waals surface area contributed by atoms with Crippen LogP contribution in [0.1, 0.15) is 35.8 Å². The van der Waals surface area contributed by atoms with Crippen LogP contribution in [0, 0.1) is 5.92 Å². The molecule has 0 saturated carbocycles. The highest BCUT2D eigenvalue weighted by atomic mass is 16.4. The number of nitrogens with one attached hydrogen (secondary N) is 1. The molecule has 1 unspecified atom stereocenters. The molecule has 1 aliphatic heterocycles. The number of carboxylic acids is 1. The normalized spacial score (nSPS) is 15.9. The molecule has 0 bridgehead atoms. The fourth-order valence-corrected chi connectivity index (χ4v) is 3.23. The maximum atomic E-state index is 12.7. The highest BCUT2D eigenvalue weighted by Crippen LogP contribution is 2.28. The Morgan fingerprint density at radius 1 is 1.41 bits per heavy atom. The van der Waals surface area contributed by atoms with E-state index in [0.717, 1.165) is 29.3 Å². The minimum Gasteiger partial charge on any atom is -0.481 e. The molecule has 1 aliphatic rings. The zero-order valence-corrected chi connectivity index (χ0v) is 12.6. The van der Waals surface area contributed by atoms with Crippen molar-refractivity contribution in [2.24, 2.45) is 5.92 Å². The van der Waals surface area contributed by atoms with Crippen LogP contribution in [0.2, 0.25) is 0 Å². The van der Waals surface area contributed by atoms with Gasteiger partial charge in [-0.2, -0.15) is 0 Å². The molecule has 22 heavy (non-hydrogen) atoms. The van der Waals surface area contributed by atoms with Gasteiger partial charge in [-0.25, -0.2) is 0 Å². The lowest BCUT2D eigenvalue weighted by Gasteiger charge is -2.29. The SMILES string of the molecule is CCCC(CN1CCc2c([nH]c3ccccc23)C1=O)C(=O)O. The third-order valence-electron chi connectivity index (χ3n) is 4.37. The Hall–Kier alpha value is -2.30. The van der Waals surface area contributed by atoms with E-state index in [1.54, 1.807) is 4.90 Å². The first kappa shape index (κ1) is 14.6. The lowest BCUT2D eigenvalue weighted by molar-refractivity contribution is -0.142. The second-order valence-corrected chi connectivity index (χ2v) is 5.85. The molecule has 3 rings (SSSR count). The average Bonchev–Trinajstić information content (AvgIpc) is 2.88. The minimum atomic E-state index is -0.822. The first-order valence-electron chi connectivity index (χ1n) is 7.73. The summed E-state index contributed by atoms with van der Waals surface area (Å²) < 4.78 is 0. The number of carboxylic acid groups (broad SMARTS) is 1. The van der Waals surface area contributed by atoms with E-state index in [9.17, 15) is 14.7 Å². The topological polar surface area (TPSA) is 73.4 Å². The molecule has 2 heterocycles. The fourth-order valence-electron chi connectivity index (χ4n) is 3.23. The molecule has 2 N–H and O–H groups in total. The lowest BCUT2D eigenvalue weighted by Crippen LogP contribution is -2.42. The maximum absolute atomic E-state index is 12.7. The molecule has 5 heteroatoms. The number of aromatic amines is 1. The van der Waals surface area contributed by atoms with Gasteiger partial charge in [0.25, 0.3) is 5.91 Å². The lowest BCUT2D eigenvalue weighted by atomic mass is 9.99. The highest BCUT2D eigenvalue weighted by molar-refractivity contribution is 6.02. The van der Waals surface area contributed by atoms with Gasteiger partial charge in [0.1, 0.15) is 5.69 Å². The molecule has 0 fully saturated rings. The quantitative estimate of drug-likeness (QED) is 0.891. The predicted octanol–water partition coefficient (Wildman–Crippen LogP) is 2.67. The zero-order valence-electron chi connectivity index (χ0n) is 12.6. The summed E-state index contributed by atoms with van der Waals surface area (Å²) >= 11 is 0. The van der Waals surface area contributed by atoms with Gasteiger partial charge in [-0.15, -0.1) is 0 Å². The molecule has 0 radical (unpaired) electrons. The van der Waals surface area contributed by atoms with Crippen LogP contribution in [-0.2, 0) is 11.2 Å². The number of amides is 1. The fraction of sp³-hybridized carbons (Fsp3) is 0.412. The molecule has 1 aromatic carbocycles. The smallest absolute Gasteiger partial charge is 0.308 e. The molecule has 0 aliphatic carbocycles. The summed E-state index contributed by atoms with van der Waals surface area (Å²) in [5.41, 5.74) is 2.64. The number of nitrogens with zero attached hydrogens (tertiary/aromatic N) is 1. The molecule has 116 valence electrons. The van der Waals surface area contributed by atoms with Crippen LogP contribution >= 0.6 is 0 Å². The molecular formula is C17H20N2O3. The largest absolute Gasteiger partial charge is 0.481 e. The van der Waals surface area contributed by atoms with E-state index < -0.39 is 11.9 Å². The summed E-state index contributed by atoms with van der Waals surface area (Å²) in [6.45, 7) is 2.84. The molecule has 1 atom stereocenters. The monoisotopic (exact) mass is 300 g/mol. The van der Waals surface area contributed by atoms with E-state index in [-0.39, 0.29) is 12.5 Å². The highest BCUT2D eigenvalue weighted by Gasteiger charge is 2.30. The molecular weight excluding hydrogens is 280 g/mol. The van der Waals surface area contributed by atoms with Crippen LogP contribution in [0.5, 0.6) is 0 Å². The van der Waals surface area contributed by atoms with Crippen molar-refractivity contribution in [3.63, 3.8) is 0 Å². The Kier molecular flexibility index (Phi) is 3.88.